The van der Waals surface area contributed by atoms with Crippen LogP contribution in [-0.4, -0.2) is 20.4 Å². The van der Waals surface area contributed by atoms with E-state index in [1.165, 1.54) is 19.1 Å². The molecule has 28 heavy (non-hydrogen) atoms. The number of amides is 1. The third kappa shape index (κ3) is 3.50. The molecule has 0 radical (unpaired) electrons. The molecule has 0 fully saturated rings. The van der Waals surface area contributed by atoms with Gasteiger partial charge in [0.05, 0.1) is 28.2 Å². The lowest BCUT2D eigenvalue weighted by Gasteiger charge is -2.14. The van der Waals surface area contributed by atoms with Crippen LogP contribution in [0.1, 0.15) is 24.2 Å². The number of halogens is 2. The topological polar surface area (TPSA) is 121 Å². The fourth-order valence-corrected chi connectivity index (χ4v) is 2.73. The summed E-state index contributed by atoms with van der Waals surface area (Å²) in [6.07, 6.45) is 1.16. The Bertz CT molecular complexity index is 1240. The second kappa shape index (κ2) is 7.40. The predicted octanol–water partition coefficient (Wildman–Crippen LogP) is 1.11. The van der Waals surface area contributed by atoms with E-state index in [4.69, 9.17) is 5.26 Å². The summed E-state index contributed by atoms with van der Waals surface area (Å²) >= 11 is 0. The van der Waals surface area contributed by atoms with Gasteiger partial charge in [0.2, 0.25) is 5.91 Å². The number of nitrogens with one attached hydrogen (secondary N) is 2. The maximum atomic E-state index is 14.0. The minimum atomic E-state index is -0.956. The Balaban J connectivity index is 1.86. The molecule has 0 aliphatic carbocycles. The van der Waals surface area contributed by atoms with Crippen molar-refractivity contribution in [2.75, 3.05) is 0 Å². The van der Waals surface area contributed by atoms with Crippen molar-refractivity contribution in [3.8, 4) is 6.07 Å². The zero-order valence-electron chi connectivity index (χ0n) is 14.5. The van der Waals surface area contributed by atoms with E-state index in [-0.39, 0.29) is 22.2 Å². The number of nitrogens with zero attached hydrogens (tertiary/aromatic N) is 3. The van der Waals surface area contributed by atoms with Crippen molar-refractivity contribution in [1.82, 2.24) is 19.9 Å². The number of hydrogen-bond donors (Lipinski definition) is 2. The van der Waals surface area contributed by atoms with E-state index < -0.39 is 41.4 Å². The van der Waals surface area contributed by atoms with E-state index in [0.29, 0.717) is 4.57 Å². The number of H-pyrrole nitrogens is 1. The smallest absolute Gasteiger partial charge is 0.329 e. The van der Waals surface area contributed by atoms with E-state index in [2.05, 4.69) is 15.3 Å². The van der Waals surface area contributed by atoms with Crippen LogP contribution >= 0.6 is 0 Å². The van der Waals surface area contributed by atoms with Crippen LogP contribution in [0.15, 0.2) is 40.1 Å². The van der Waals surface area contributed by atoms with E-state index in [1.54, 1.807) is 6.07 Å². The summed E-state index contributed by atoms with van der Waals surface area (Å²) in [6, 6.07) is 5.59. The first-order valence-corrected chi connectivity index (χ1v) is 8.08. The average molecular weight is 385 g/mol. The van der Waals surface area contributed by atoms with E-state index in [0.717, 1.165) is 18.3 Å². The minimum Gasteiger partial charge on any atom is -0.346 e. The molecule has 2 heterocycles. The van der Waals surface area contributed by atoms with Crippen LogP contribution in [0.4, 0.5) is 8.78 Å². The molecule has 142 valence electrons. The molecule has 1 amide bonds. The highest BCUT2D eigenvalue weighted by molar-refractivity contribution is 5.79. The Labute approximate surface area is 156 Å². The lowest BCUT2D eigenvalue weighted by molar-refractivity contribution is -0.122. The molecule has 0 saturated carbocycles. The lowest BCUT2D eigenvalue weighted by atomic mass is 10.1. The van der Waals surface area contributed by atoms with Crippen molar-refractivity contribution in [2.45, 2.75) is 19.5 Å². The van der Waals surface area contributed by atoms with Crippen LogP contribution in [0.2, 0.25) is 0 Å². The number of rotatable bonds is 4. The van der Waals surface area contributed by atoms with Gasteiger partial charge in [-0.25, -0.2) is 13.6 Å². The molecule has 0 bridgehead atoms. The van der Waals surface area contributed by atoms with Gasteiger partial charge in [0.25, 0.3) is 5.56 Å². The van der Waals surface area contributed by atoms with E-state index in [1.807, 2.05) is 0 Å². The van der Waals surface area contributed by atoms with E-state index >= 15 is 0 Å². The van der Waals surface area contributed by atoms with Crippen LogP contribution in [0.25, 0.3) is 10.9 Å². The van der Waals surface area contributed by atoms with Crippen molar-refractivity contribution in [1.29, 1.82) is 5.26 Å². The highest BCUT2D eigenvalue weighted by Gasteiger charge is 2.18. The normalized spacial score (nSPS) is 11.8. The van der Waals surface area contributed by atoms with Crippen LogP contribution < -0.4 is 16.6 Å². The number of benzene rings is 1. The zero-order valence-corrected chi connectivity index (χ0v) is 14.5. The molecular weight excluding hydrogens is 372 g/mol. The third-order valence-corrected chi connectivity index (χ3v) is 4.05. The maximum absolute atomic E-state index is 14.0. The number of fused-ring (bicyclic) bond motifs is 1. The Morgan fingerprint density at radius 1 is 1.36 bits per heavy atom. The molecule has 0 aliphatic rings. The molecule has 3 aromatic rings. The third-order valence-electron chi connectivity index (χ3n) is 4.05. The molecule has 2 aromatic heterocycles. The van der Waals surface area contributed by atoms with Crippen LogP contribution in [0.5, 0.6) is 0 Å². The molecule has 0 spiro atoms. The van der Waals surface area contributed by atoms with Gasteiger partial charge in [-0.3, -0.25) is 19.1 Å². The second-order valence-electron chi connectivity index (χ2n) is 5.98. The second-order valence-corrected chi connectivity index (χ2v) is 5.98. The number of nitriles is 1. The number of aromatic nitrogens is 3. The van der Waals surface area contributed by atoms with Gasteiger partial charge in [0.1, 0.15) is 24.2 Å². The lowest BCUT2D eigenvalue weighted by Crippen LogP contribution is -2.41. The SMILES string of the molecule is C[C@H](NC(=O)Cn1c(=O)[nH]c2cccc(F)c2c1=O)c1ncc(C#N)cc1F. The van der Waals surface area contributed by atoms with Gasteiger partial charge in [0.15, 0.2) is 0 Å². The Morgan fingerprint density at radius 3 is 2.79 bits per heavy atom. The van der Waals surface area contributed by atoms with Gasteiger partial charge in [-0.15, -0.1) is 0 Å². The summed E-state index contributed by atoms with van der Waals surface area (Å²) in [4.78, 5) is 42.9. The van der Waals surface area contributed by atoms with Crippen LogP contribution in [0, 0.1) is 23.0 Å². The van der Waals surface area contributed by atoms with Gasteiger partial charge in [-0.05, 0) is 25.1 Å². The first-order chi connectivity index (χ1) is 13.3. The largest absolute Gasteiger partial charge is 0.346 e. The number of carbonyl (C=O) groups is 1. The highest BCUT2D eigenvalue weighted by Crippen LogP contribution is 2.15. The quantitative estimate of drug-likeness (QED) is 0.697. The average Bonchev–Trinajstić information content (AvgIpc) is 2.64. The van der Waals surface area contributed by atoms with Crippen molar-refractivity contribution in [3.63, 3.8) is 0 Å². The molecule has 0 saturated heterocycles. The van der Waals surface area contributed by atoms with Gasteiger partial charge < -0.3 is 10.3 Å². The molecule has 8 nitrogen and oxygen atoms in total. The standard InChI is InChI=1S/C18H13F2N5O3/c1-9(16-12(20)5-10(6-21)7-22-16)23-14(26)8-25-17(27)15-11(19)3-2-4-13(15)24-18(25)28/h2-5,7,9H,8H2,1H3,(H,23,26)(H,24,28)/t9-/m0/s1. The van der Waals surface area contributed by atoms with Crippen molar-refractivity contribution in [2.24, 2.45) is 0 Å². The molecular formula is C18H13F2N5O3. The maximum Gasteiger partial charge on any atom is 0.329 e. The monoisotopic (exact) mass is 385 g/mol. The number of pyridine rings is 1. The summed E-state index contributed by atoms with van der Waals surface area (Å²) in [6.45, 7) is 0.753. The Hall–Kier alpha value is -3.87. The predicted molar refractivity (Wildman–Crippen MR) is 94.3 cm³/mol. The number of hydrogen-bond acceptors (Lipinski definition) is 5. The first kappa shape index (κ1) is 18.9. The van der Waals surface area contributed by atoms with Crippen molar-refractivity contribution < 1.29 is 13.6 Å². The summed E-state index contributed by atoms with van der Waals surface area (Å²) in [5.74, 6) is -2.39. The summed E-state index contributed by atoms with van der Waals surface area (Å²) < 4.78 is 28.5. The molecule has 3 rings (SSSR count). The zero-order chi connectivity index (χ0) is 20.4. The molecule has 0 aliphatic heterocycles. The summed E-state index contributed by atoms with van der Waals surface area (Å²) in [5.41, 5.74) is -1.91. The van der Waals surface area contributed by atoms with Gasteiger partial charge >= 0.3 is 5.69 Å². The number of aromatic amines is 1. The summed E-state index contributed by atoms with van der Waals surface area (Å²) in [5, 5.41) is 10.8. The van der Waals surface area contributed by atoms with Crippen molar-refractivity contribution in [3.05, 3.63) is 74.2 Å². The molecule has 2 N–H and O–H groups in total. The molecule has 1 atom stereocenters. The van der Waals surface area contributed by atoms with Gasteiger partial charge in [-0.2, -0.15) is 5.26 Å². The minimum absolute atomic E-state index is 0.0175. The van der Waals surface area contributed by atoms with Gasteiger partial charge in [-0.1, -0.05) is 6.07 Å². The van der Waals surface area contributed by atoms with Crippen LogP contribution in [0.3, 0.4) is 0 Å². The van der Waals surface area contributed by atoms with Gasteiger partial charge in [0, 0.05) is 6.20 Å². The Kier molecular flexibility index (Phi) is 5.00. The van der Waals surface area contributed by atoms with E-state index in [9.17, 15) is 23.2 Å². The Morgan fingerprint density at radius 2 is 2.11 bits per heavy atom. The molecule has 0 unspecified atom stereocenters. The first-order valence-electron chi connectivity index (χ1n) is 8.08. The highest BCUT2D eigenvalue weighted by atomic mass is 19.1. The summed E-state index contributed by atoms with van der Waals surface area (Å²) in [7, 11) is 0. The fraction of sp³-hybridized carbons (Fsp3) is 0.167. The molecule has 10 heteroatoms. The fourth-order valence-electron chi connectivity index (χ4n) is 2.73. The molecule has 1 aromatic carbocycles. The van der Waals surface area contributed by atoms with Crippen molar-refractivity contribution >= 4 is 16.8 Å². The van der Waals surface area contributed by atoms with Crippen LogP contribution in [-0.2, 0) is 11.3 Å². The number of carbonyl (C=O) groups excluding carboxylic acids is 1.